The van der Waals surface area contributed by atoms with Crippen LogP contribution in [-0.2, 0) is 0 Å². The summed E-state index contributed by atoms with van der Waals surface area (Å²) >= 11 is 0.955. The maximum absolute atomic E-state index is 12.6. The third-order valence-corrected chi connectivity index (χ3v) is 3.86. The molecule has 0 atom stereocenters. The van der Waals surface area contributed by atoms with Gasteiger partial charge in [0.25, 0.3) is 5.91 Å². The number of hydrogen-bond donors (Lipinski definition) is 1. The van der Waals surface area contributed by atoms with E-state index in [0.29, 0.717) is 16.6 Å². The number of rotatable bonds is 4. The summed E-state index contributed by atoms with van der Waals surface area (Å²) < 4.78 is 37.7. The molecular weight excluding hydrogens is 305 g/mol. The van der Waals surface area contributed by atoms with Gasteiger partial charge in [-0.3, -0.25) is 4.79 Å². The van der Waals surface area contributed by atoms with Crippen LogP contribution in [0.15, 0.2) is 12.3 Å². The second kappa shape index (κ2) is 5.84. The molecule has 0 aromatic carbocycles. The summed E-state index contributed by atoms with van der Waals surface area (Å²) in [6.07, 6.45) is -2.61. The molecule has 0 aliphatic heterocycles. The van der Waals surface area contributed by atoms with Crippen molar-refractivity contribution in [2.75, 3.05) is 18.8 Å². The van der Waals surface area contributed by atoms with E-state index in [0.717, 1.165) is 16.2 Å². The molecule has 1 amide bonds. The predicted octanol–water partition coefficient (Wildman–Crippen LogP) is 2.69. The minimum atomic E-state index is -4.45. The molecule has 2 rings (SSSR count). The van der Waals surface area contributed by atoms with Crippen LogP contribution < -0.4 is 5.73 Å². The quantitative estimate of drug-likeness (QED) is 0.941. The van der Waals surface area contributed by atoms with Crippen LogP contribution in [0.4, 0.5) is 18.9 Å². The van der Waals surface area contributed by atoms with E-state index < -0.39 is 18.6 Å². The molecule has 2 heterocycles. The highest BCUT2D eigenvalue weighted by Gasteiger charge is 2.34. The molecule has 114 valence electrons. The molecule has 0 saturated heterocycles. The second-order valence-electron chi connectivity index (χ2n) is 4.44. The number of nitrogens with zero attached hydrogens (tertiary/aromatic N) is 3. The van der Waals surface area contributed by atoms with Gasteiger partial charge in [-0.05, 0) is 12.5 Å². The lowest BCUT2D eigenvalue weighted by Gasteiger charge is -2.23. The highest BCUT2D eigenvalue weighted by Crippen LogP contribution is 2.33. The highest BCUT2D eigenvalue weighted by molar-refractivity contribution is 7.21. The zero-order valence-corrected chi connectivity index (χ0v) is 12.0. The molecule has 0 spiro atoms. The topological polar surface area (TPSA) is 72.1 Å². The van der Waals surface area contributed by atoms with Gasteiger partial charge >= 0.3 is 6.18 Å². The van der Waals surface area contributed by atoms with Crippen LogP contribution in [0.3, 0.4) is 0 Å². The average molecular weight is 318 g/mol. The van der Waals surface area contributed by atoms with E-state index in [2.05, 4.69) is 10.2 Å². The first-order valence-corrected chi connectivity index (χ1v) is 7.01. The summed E-state index contributed by atoms with van der Waals surface area (Å²) in [4.78, 5) is 13.6. The Morgan fingerprint density at radius 2 is 2.19 bits per heavy atom. The largest absolute Gasteiger partial charge is 0.406 e. The number of amides is 1. The van der Waals surface area contributed by atoms with E-state index in [1.165, 1.54) is 6.20 Å². The Morgan fingerprint density at radius 1 is 1.48 bits per heavy atom. The van der Waals surface area contributed by atoms with Crippen LogP contribution in [0, 0.1) is 0 Å². The van der Waals surface area contributed by atoms with Crippen LogP contribution in [0.5, 0.6) is 0 Å². The van der Waals surface area contributed by atoms with Crippen LogP contribution in [0.25, 0.3) is 10.2 Å². The molecule has 0 aliphatic carbocycles. The molecule has 2 aromatic heterocycles. The number of halogens is 3. The SMILES string of the molecule is CCCN(CC(F)(F)F)C(=O)c1sc2nnccc2c1N. The fourth-order valence-corrected chi connectivity index (χ4v) is 2.92. The van der Waals surface area contributed by atoms with Crippen molar-refractivity contribution >= 4 is 33.1 Å². The second-order valence-corrected chi connectivity index (χ2v) is 5.44. The number of hydrogen-bond acceptors (Lipinski definition) is 5. The van der Waals surface area contributed by atoms with Crippen LogP contribution in [-0.4, -0.2) is 40.3 Å². The van der Waals surface area contributed by atoms with Gasteiger partial charge in [0.1, 0.15) is 16.3 Å². The fraction of sp³-hybridized carbons (Fsp3) is 0.417. The van der Waals surface area contributed by atoms with E-state index in [9.17, 15) is 18.0 Å². The van der Waals surface area contributed by atoms with Crippen molar-refractivity contribution in [1.82, 2.24) is 15.1 Å². The molecule has 21 heavy (non-hydrogen) atoms. The lowest BCUT2D eigenvalue weighted by molar-refractivity contribution is -0.140. The minimum Gasteiger partial charge on any atom is -0.397 e. The van der Waals surface area contributed by atoms with Crippen molar-refractivity contribution in [1.29, 1.82) is 0 Å². The van der Waals surface area contributed by atoms with Crippen molar-refractivity contribution in [3.63, 3.8) is 0 Å². The summed E-state index contributed by atoms with van der Waals surface area (Å²) in [6.45, 7) is 0.424. The van der Waals surface area contributed by atoms with E-state index in [-0.39, 0.29) is 17.1 Å². The molecule has 2 aromatic rings. The van der Waals surface area contributed by atoms with Crippen molar-refractivity contribution < 1.29 is 18.0 Å². The first kappa shape index (κ1) is 15.5. The van der Waals surface area contributed by atoms with Gasteiger partial charge in [-0.15, -0.1) is 16.4 Å². The Morgan fingerprint density at radius 3 is 2.76 bits per heavy atom. The molecule has 0 unspecified atom stereocenters. The lowest BCUT2D eigenvalue weighted by atomic mass is 10.2. The molecule has 0 fully saturated rings. The Hall–Kier alpha value is -1.90. The summed E-state index contributed by atoms with van der Waals surface area (Å²) in [5, 5.41) is 8.02. The van der Waals surface area contributed by atoms with Gasteiger partial charge in [-0.1, -0.05) is 6.92 Å². The Labute approximate surface area is 122 Å². The lowest BCUT2D eigenvalue weighted by Crippen LogP contribution is -2.39. The molecule has 5 nitrogen and oxygen atoms in total. The predicted molar refractivity (Wildman–Crippen MR) is 74.1 cm³/mol. The van der Waals surface area contributed by atoms with Gasteiger partial charge in [-0.2, -0.15) is 18.3 Å². The number of carbonyl (C=O) groups is 1. The third-order valence-electron chi connectivity index (χ3n) is 2.77. The molecular formula is C12H13F3N4OS. The van der Waals surface area contributed by atoms with Crippen LogP contribution in [0.1, 0.15) is 23.0 Å². The van der Waals surface area contributed by atoms with Gasteiger partial charge in [0.2, 0.25) is 0 Å². The molecule has 0 radical (unpaired) electrons. The first-order valence-electron chi connectivity index (χ1n) is 6.19. The van der Waals surface area contributed by atoms with Gasteiger partial charge < -0.3 is 10.6 Å². The fourth-order valence-electron chi connectivity index (χ4n) is 1.91. The molecule has 2 N–H and O–H groups in total. The van der Waals surface area contributed by atoms with E-state index in [1.807, 2.05) is 0 Å². The van der Waals surface area contributed by atoms with Crippen molar-refractivity contribution in [3.8, 4) is 0 Å². The van der Waals surface area contributed by atoms with Gasteiger partial charge in [0, 0.05) is 11.9 Å². The maximum Gasteiger partial charge on any atom is 0.406 e. The van der Waals surface area contributed by atoms with Gasteiger partial charge in [0.15, 0.2) is 0 Å². The van der Waals surface area contributed by atoms with Crippen molar-refractivity contribution in [3.05, 3.63) is 17.1 Å². The van der Waals surface area contributed by atoms with E-state index in [4.69, 9.17) is 5.73 Å². The number of alkyl halides is 3. The van der Waals surface area contributed by atoms with Crippen molar-refractivity contribution in [2.45, 2.75) is 19.5 Å². The highest BCUT2D eigenvalue weighted by atomic mass is 32.1. The summed E-state index contributed by atoms with van der Waals surface area (Å²) in [6, 6.07) is 1.58. The number of nitrogens with two attached hydrogens (primary N) is 1. The number of nitrogen functional groups attached to an aromatic ring is 1. The number of carbonyl (C=O) groups excluding carboxylic acids is 1. The zero-order valence-electron chi connectivity index (χ0n) is 11.1. The van der Waals surface area contributed by atoms with E-state index >= 15 is 0 Å². The first-order chi connectivity index (χ1) is 9.83. The van der Waals surface area contributed by atoms with E-state index in [1.54, 1.807) is 13.0 Å². The van der Waals surface area contributed by atoms with Crippen LogP contribution >= 0.6 is 11.3 Å². The molecule has 0 bridgehead atoms. The molecule has 0 aliphatic rings. The zero-order chi connectivity index (χ0) is 15.6. The normalized spacial score (nSPS) is 11.8. The summed E-state index contributed by atoms with van der Waals surface area (Å²) in [7, 11) is 0. The van der Waals surface area contributed by atoms with Crippen molar-refractivity contribution in [2.24, 2.45) is 0 Å². The maximum atomic E-state index is 12.6. The Bertz CT molecular complexity index is 655. The third kappa shape index (κ3) is 3.41. The number of aromatic nitrogens is 2. The van der Waals surface area contributed by atoms with Gasteiger partial charge in [-0.25, -0.2) is 0 Å². The Balaban J connectivity index is 2.36. The summed E-state index contributed by atoms with van der Waals surface area (Å²) in [5.74, 6) is -0.727. The Kier molecular flexibility index (Phi) is 4.31. The summed E-state index contributed by atoms with van der Waals surface area (Å²) in [5.41, 5.74) is 6.00. The van der Waals surface area contributed by atoms with Gasteiger partial charge in [0.05, 0.1) is 11.9 Å². The number of thiophene rings is 1. The average Bonchev–Trinajstić information content (AvgIpc) is 2.74. The smallest absolute Gasteiger partial charge is 0.397 e. The standard InChI is InChI=1S/C12H13F3N4OS/c1-2-5-19(6-12(13,14)15)11(20)9-8(16)7-3-4-17-18-10(7)21-9/h3-4H,2,5-6,16H2,1H3. The number of fused-ring (bicyclic) bond motifs is 1. The number of anilines is 1. The molecule has 9 heteroatoms. The molecule has 0 saturated carbocycles. The monoisotopic (exact) mass is 318 g/mol. The minimum absolute atomic E-state index is 0.0116. The van der Waals surface area contributed by atoms with Crippen LogP contribution in [0.2, 0.25) is 0 Å².